The average molecular weight is 376 g/mol. The highest BCUT2D eigenvalue weighted by Gasteiger charge is 2.33. The predicted octanol–water partition coefficient (Wildman–Crippen LogP) is 4.29. The molecule has 5 heteroatoms. The number of benzene rings is 1. The van der Waals surface area contributed by atoms with Crippen LogP contribution in [0.25, 0.3) is 0 Å². The van der Waals surface area contributed by atoms with Gasteiger partial charge in [0, 0.05) is 29.3 Å². The minimum absolute atomic E-state index is 0.0525. The molecule has 25 heavy (non-hydrogen) atoms. The Kier molecular flexibility index (Phi) is 6.31. The van der Waals surface area contributed by atoms with Gasteiger partial charge >= 0.3 is 0 Å². The molecule has 2 rings (SSSR count). The molecule has 0 radical (unpaired) electrons. The summed E-state index contributed by atoms with van der Waals surface area (Å²) in [6.07, 6.45) is 3.84. The summed E-state index contributed by atoms with van der Waals surface area (Å²) in [7, 11) is 0. The largest absolute Gasteiger partial charge is 0.374 e. The van der Waals surface area contributed by atoms with Gasteiger partial charge in [0.25, 0.3) is 6.04 Å². The number of nitrogens with zero attached hydrogens (tertiary/aromatic N) is 1. The summed E-state index contributed by atoms with van der Waals surface area (Å²) in [6.45, 7) is 9.11. The van der Waals surface area contributed by atoms with Gasteiger partial charge in [-0.15, -0.1) is 0 Å². The first-order valence-corrected chi connectivity index (χ1v) is 9.11. The molecule has 1 aromatic heterocycles. The number of pyridine rings is 1. The third-order valence-electron chi connectivity index (χ3n) is 3.99. The minimum atomic E-state index is -0.579. The van der Waals surface area contributed by atoms with Gasteiger partial charge in [0.05, 0.1) is 0 Å². The number of Topliss-reactive ketones (excluding diaryl/α,β-unsaturated/α-hetero) is 1. The molecule has 1 atom stereocenters. The zero-order valence-corrected chi connectivity index (χ0v) is 16.6. The number of hydrogen-bond donors (Lipinski definition) is 1. The van der Waals surface area contributed by atoms with Crippen molar-refractivity contribution < 1.29 is 9.36 Å². The van der Waals surface area contributed by atoms with Gasteiger partial charge in [-0.25, -0.2) is 0 Å². The Morgan fingerprint density at radius 1 is 1.16 bits per heavy atom. The average Bonchev–Trinajstić information content (AvgIpc) is 2.55. The van der Waals surface area contributed by atoms with Gasteiger partial charge in [0.1, 0.15) is 0 Å². The van der Waals surface area contributed by atoms with Crippen LogP contribution < -0.4 is 9.88 Å². The Morgan fingerprint density at radius 2 is 1.72 bits per heavy atom. The first-order valence-electron chi connectivity index (χ1n) is 8.33. The Balaban J connectivity index is 2.40. The first kappa shape index (κ1) is 19.5. The van der Waals surface area contributed by atoms with Gasteiger partial charge in [-0.05, 0) is 42.2 Å². The van der Waals surface area contributed by atoms with Gasteiger partial charge < -0.3 is 5.32 Å². The zero-order valence-electron chi connectivity index (χ0n) is 15.0. The molecule has 1 N–H and O–H groups in total. The smallest absolute Gasteiger partial charge is 0.270 e. The van der Waals surface area contributed by atoms with Gasteiger partial charge in [0.2, 0.25) is 5.78 Å². The van der Waals surface area contributed by atoms with E-state index in [0.717, 1.165) is 0 Å². The molecular weight excluding hydrogens is 352 g/mol. The summed E-state index contributed by atoms with van der Waals surface area (Å²) < 4.78 is 1.86. The maximum atomic E-state index is 13.1. The van der Waals surface area contributed by atoms with Crippen LogP contribution in [-0.2, 0) is 5.41 Å². The van der Waals surface area contributed by atoms with Crippen molar-refractivity contribution in [1.29, 1.82) is 0 Å². The minimum Gasteiger partial charge on any atom is -0.374 e. The predicted molar refractivity (Wildman–Crippen MR) is 106 cm³/mol. The van der Waals surface area contributed by atoms with E-state index < -0.39 is 6.04 Å². The van der Waals surface area contributed by atoms with Crippen LogP contribution in [-0.4, -0.2) is 17.3 Å². The lowest BCUT2D eigenvalue weighted by atomic mass is 9.88. The number of aromatic nitrogens is 1. The Hall–Kier alpha value is -1.78. The van der Waals surface area contributed by atoms with Crippen molar-refractivity contribution in [2.75, 3.05) is 6.54 Å². The molecule has 1 heterocycles. The second-order valence-corrected chi connectivity index (χ2v) is 7.83. The Labute approximate surface area is 160 Å². The molecular formula is C20H24ClN2OS+. The second kappa shape index (κ2) is 8.07. The monoisotopic (exact) mass is 375 g/mol. The molecule has 0 spiro atoms. The van der Waals surface area contributed by atoms with Crippen molar-refractivity contribution >= 4 is 34.6 Å². The van der Waals surface area contributed by atoms with E-state index in [1.807, 2.05) is 36.0 Å². The number of ketones is 1. The summed E-state index contributed by atoms with van der Waals surface area (Å²) in [6, 6.07) is 10.4. The van der Waals surface area contributed by atoms with Gasteiger partial charge in [0.15, 0.2) is 17.4 Å². The number of halogens is 1. The molecule has 0 fully saturated rings. The molecule has 132 valence electrons. The molecule has 0 saturated carbocycles. The lowest BCUT2D eigenvalue weighted by molar-refractivity contribution is -0.692. The maximum absolute atomic E-state index is 13.1. The highest BCUT2D eigenvalue weighted by atomic mass is 35.5. The van der Waals surface area contributed by atoms with E-state index >= 15 is 0 Å². The first-order chi connectivity index (χ1) is 11.7. The van der Waals surface area contributed by atoms with Crippen molar-refractivity contribution in [2.24, 2.45) is 0 Å². The van der Waals surface area contributed by atoms with Crippen molar-refractivity contribution in [3.63, 3.8) is 0 Å². The van der Waals surface area contributed by atoms with Gasteiger partial charge in [-0.1, -0.05) is 44.6 Å². The maximum Gasteiger partial charge on any atom is 0.270 e. The van der Waals surface area contributed by atoms with Crippen LogP contribution in [0.2, 0.25) is 5.02 Å². The zero-order chi connectivity index (χ0) is 18.6. The number of thiocarbonyl (C=S) groups is 1. The van der Waals surface area contributed by atoms with E-state index in [4.69, 9.17) is 23.8 Å². The number of nitrogens with one attached hydrogen (secondary N) is 1. The fourth-order valence-corrected chi connectivity index (χ4v) is 3.04. The van der Waals surface area contributed by atoms with Gasteiger partial charge in [-0.3, -0.25) is 4.79 Å². The summed E-state index contributed by atoms with van der Waals surface area (Å²) in [5.41, 5.74) is 1.84. The molecule has 1 unspecified atom stereocenters. The Morgan fingerprint density at radius 3 is 2.20 bits per heavy atom. The summed E-state index contributed by atoms with van der Waals surface area (Å²) in [5.74, 6) is -0.0591. The van der Waals surface area contributed by atoms with Crippen molar-refractivity contribution in [3.8, 4) is 0 Å². The van der Waals surface area contributed by atoms with Crippen molar-refractivity contribution in [1.82, 2.24) is 5.32 Å². The number of likely N-dealkylation sites (N-methyl/N-ethyl adjacent to an activating group) is 1. The molecule has 1 aromatic carbocycles. The second-order valence-electron chi connectivity index (χ2n) is 6.95. The number of carbonyl (C=O) groups excluding carboxylic acids is 1. The highest BCUT2D eigenvalue weighted by molar-refractivity contribution is 7.80. The normalized spacial score (nSPS) is 12.5. The SMILES string of the molecule is CCNC(=S)C(C(=O)c1ccc(Cl)cc1)[n+]1ccc(C(C)(C)C)cc1. The van der Waals surface area contributed by atoms with E-state index in [1.165, 1.54) is 5.56 Å². The van der Waals surface area contributed by atoms with E-state index in [9.17, 15) is 4.79 Å². The Bertz CT molecular complexity index is 749. The molecule has 0 saturated heterocycles. The van der Waals surface area contributed by atoms with Crippen LogP contribution in [0.4, 0.5) is 0 Å². The van der Waals surface area contributed by atoms with Crippen LogP contribution in [0.1, 0.15) is 49.7 Å². The summed E-state index contributed by atoms with van der Waals surface area (Å²) in [5, 5.41) is 3.72. The number of rotatable bonds is 5. The lowest BCUT2D eigenvalue weighted by Crippen LogP contribution is -2.51. The third-order valence-corrected chi connectivity index (χ3v) is 4.61. The molecule has 0 amide bonds. The molecule has 3 nitrogen and oxygen atoms in total. The summed E-state index contributed by atoms with van der Waals surface area (Å²) >= 11 is 11.4. The van der Waals surface area contributed by atoms with Crippen LogP contribution >= 0.6 is 23.8 Å². The van der Waals surface area contributed by atoms with Crippen molar-refractivity contribution in [2.45, 2.75) is 39.2 Å². The van der Waals surface area contributed by atoms with Crippen LogP contribution in [0.3, 0.4) is 0 Å². The van der Waals surface area contributed by atoms with Gasteiger partial charge in [-0.2, -0.15) is 4.57 Å². The van der Waals surface area contributed by atoms with Crippen LogP contribution in [0, 0.1) is 0 Å². The molecule has 2 aromatic rings. The van der Waals surface area contributed by atoms with Crippen LogP contribution in [0.5, 0.6) is 0 Å². The molecule has 0 aliphatic rings. The van der Waals surface area contributed by atoms with E-state index in [1.54, 1.807) is 24.3 Å². The topological polar surface area (TPSA) is 33.0 Å². The fourth-order valence-electron chi connectivity index (χ4n) is 2.54. The molecule has 0 aliphatic carbocycles. The van der Waals surface area contributed by atoms with E-state index in [0.29, 0.717) is 22.1 Å². The lowest BCUT2D eigenvalue weighted by Gasteiger charge is -2.19. The third kappa shape index (κ3) is 4.86. The standard InChI is InChI=1S/C20H23ClN2OS/c1-5-22-19(25)17(18(24)14-6-8-16(21)9-7-14)23-12-10-15(11-13-23)20(2,3)4/h6-13,17H,5H2,1-4H3/p+1. The van der Waals surface area contributed by atoms with E-state index in [-0.39, 0.29) is 11.2 Å². The van der Waals surface area contributed by atoms with Crippen LogP contribution in [0.15, 0.2) is 48.8 Å². The van der Waals surface area contributed by atoms with Crippen molar-refractivity contribution in [3.05, 3.63) is 64.9 Å². The summed E-state index contributed by atoms with van der Waals surface area (Å²) in [4.78, 5) is 13.6. The highest BCUT2D eigenvalue weighted by Crippen LogP contribution is 2.21. The number of carbonyl (C=O) groups is 1. The quantitative estimate of drug-likeness (QED) is 0.481. The molecule has 0 aliphatic heterocycles. The number of hydrogen-bond acceptors (Lipinski definition) is 2. The van der Waals surface area contributed by atoms with E-state index in [2.05, 4.69) is 26.1 Å². The molecule has 0 bridgehead atoms. The fraction of sp³-hybridized carbons (Fsp3) is 0.350.